The summed E-state index contributed by atoms with van der Waals surface area (Å²) in [4.78, 5) is 11.5. The molecule has 1 unspecified atom stereocenters. The Bertz CT molecular complexity index is 451. The van der Waals surface area contributed by atoms with Crippen LogP contribution in [-0.2, 0) is 10.3 Å². The molecule has 1 aliphatic carbocycles. The normalized spacial score (nSPS) is 26.9. The predicted molar refractivity (Wildman–Crippen MR) is 69.8 cm³/mol. The number of rotatable bonds is 4. The van der Waals surface area contributed by atoms with Gasteiger partial charge in [0.15, 0.2) is 11.4 Å². The van der Waals surface area contributed by atoms with Crippen molar-refractivity contribution in [1.29, 1.82) is 0 Å². The summed E-state index contributed by atoms with van der Waals surface area (Å²) in [6, 6.07) is 0. The van der Waals surface area contributed by atoms with Crippen LogP contribution in [0.1, 0.15) is 64.6 Å². The molecule has 0 bridgehead atoms. The summed E-state index contributed by atoms with van der Waals surface area (Å²) in [6.07, 6.45) is 4.87. The average molecular weight is 266 g/mol. The van der Waals surface area contributed by atoms with E-state index in [-0.39, 0.29) is 5.92 Å². The Morgan fingerprint density at radius 3 is 2.58 bits per heavy atom. The molecule has 0 aromatic carbocycles. The van der Waals surface area contributed by atoms with Crippen molar-refractivity contribution >= 4 is 5.97 Å². The molecule has 6 nitrogen and oxygen atoms in total. The van der Waals surface area contributed by atoms with Crippen LogP contribution >= 0.6 is 0 Å². The van der Waals surface area contributed by atoms with Crippen LogP contribution < -0.4 is 0 Å². The van der Waals surface area contributed by atoms with Gasteiger partial charge in [-0.25, -0.2) is 9.48 Å². The smallest absolute Gasteiger partial charge is 0.331 e. The van der Waals surface area contributed by atoms with Crippen LogP contribution in [0.4, 0.5) is 0 Å². The Labute approximate surface area is 113 Å². The summed E-state index contributed by atoms with van der Waals surface area (Å²) in [5.41, 5.74) is -1.05. The number of aliphatic carboxylic acids is 1. The maximum atomic E-state index is 11.5. The standard InChI is InChI=1S/C13H22N4O2/c1-4-13(3,12(18)19)17-11(14-15-16-17)10-7-5-9(2)6-8-10/h9-10H,4-8H2,1-3H3,(H,18,19). The second-order valence-corrected chi connectivity index (χ2v) is 5.84. The molecule has 1 atom stereocenters. The van der Waals surface area contributed by atoms with Crippen molar-refractivity contribution in [2.75, 3.05) is 0 Å². The molecule has 1 heterocycles. The third-order valence-electron chi connectivity index (χ3n) is 4.49. The van der Waals surface area contributed by atoms with E-state index in [9.17, 15) is 9.90 Å². The van der Waals surface area contributed by atoms with Crippen molar-refractivity contribution in [3.63, 3.8) is 0 Å². The molecule has 1 aliphatic rings. The highest BCUT2D eigenvalue weighted by Crippen LogP contribution is 2.36. The maximum Gasteiger partial charge on any atom is 0.331 e. The molecule has 0 spiro atoms. The molecule has 1 N–H and O–H groups in total. The lowest BCUT2D eigenvalue weighted by molar-refractivity contribution is -0.147. The minimum atomic E-state index is -1.05. The molecule has 0 radical (unpaired) electrons. The maximum absolute atomic E-state index is 11.5. The summed E-state index contributed by atoms with van der Waals surface area (Å²) < 4.78 is 1.52. The van der Waals surface area contributed by atoms with Gasteiger partial charge >= 0.3 is 5.97 Å². The molecule has 1 fully saturated rings. The zero-order chi connectivity index (χ0) is 14.0. The fourth-order valence-electron chi connectivity index (χ4n) is 2.71. The van der Waals surface area contributed by atoms with Gasteiger partial charge in [-0.3, -0.25) is 0 Å². The Morgan fingerprint density at radius 2 is 2.05 bits per heavy atom. The highest BCUT2D eigenvalue weighted by Gasteiger charge is 2.39. The van der Waals surface area contributed by atoms with Gasteiger partial charge in [0.05, 0.1) is 0 Å². The van der Waals surface area contributed by atoms with Crippen LogP contribution in [0.3, 0.4) is 0 Å². The molecule has 106 valence electrons. The van der Waals surface area contributed by atoms with E-state index in [1.165, 1.54) is 4.68 Å². The largest absolute Gasteiger partial charge is 0.479 e. The lowest BCUT2D eigenvalue weighted by atomic mass is 9.82. The van der Waals surface area contributed by atoms with Gasteiger partial charge in [0.25, 0.3) is 0 Å². The van der Waals surface area contributed by atoms with Crippen molar-refractivity contribution in [2.45, 2.75) is 64.3 Å². The number of carboxylic acid groups (broad SMARTS) is 1. The first-order chi connectivity index (χ1) is 8.99. The Balaban J connectivity index is 2.29. The lowest BCUT2D eigenvalue weighted by Crippen LogP contribution is -2.41. The molecule has 6 heteroatoms. The first-order valence-electron chi connectivity index (χ1n) is 7.01. The van der Waals surface area contributed by atoms with Crippen LogP contribution in [0, 0.1) is 5.92 Å². The zero-order valence-corrected chi connectivity index (χ0v) is 11.8. The quantitative estimate of drug-likeness (QED) is 0.903. The van der Waals surface area contributed by atoms with Gasteiger partial charge in [0.2, 0.25) is 0 Å². The third-order valence-corrected chi connectivity index (χ3v) is 4.49. The number of carboxylic acids is 1. The second kappa shape index (κ2) is 5.27. The summed E-state index contributed by atoms with van der Waals surface area (Å²) in [6.45, 7) is 5.79. The van der Waals surface area contributed by atoms with Gasteiger partial charge in [-0.2, -0.15) is 0 Å². The topological polar surface area (TPSA) is 80.9 Å². The van der Waals surface area contributed by atoms with Gasteiger partial charge in [-0.15, -0.1) is 5.10 Å². The van der Waals surface area contributed by atoms with Gasteiger partial charge in [-0.05, 0) is 42.5 Å². The highest BCUT2D eigenvalue weighted by atomic mass is 16.4. The third kappa shape index (κ3) is 2.48. The molecular weight excluding hydrogens is 244 g/mol. The first kappa shape index (κ1) is 14.0. The molecule has 1 aromatic heterocycles. The van der Waals surface area contributed by atoms with E-state index in [2.05, 4.69) is 22.4 Å². The molecule has 2 rings (SSSR count). The lowest BCUT2D eigenvalue weighted by Gasteiger charge is -2.29. The summed E-state index contributed by atoms with van der Waals surface area (Å²) >= 11 is 0. The Kier molecular flexibility index (Phi) is 3.87. The average Bonchev–Trinajstić information content (AvgIpc) is 2.88. The van der Waals surface area contributed by atoms with Gasteiger partial charge < -0.3 is 5.11 Å². The second-order valence-electron chi connectivity index (χ2n) is 5.84. The van der Waals surface area contributed by atoms with Crippen LogP contribution in [-0.4, -0.2) is 31.3 Å². The van der Waals surface area contributed by atoms with E-state index in [4.69, 9.17) is 0 Å². The van der Waals surface area contributed by atoms with E-state index in [1.54, 1.807) is 6.92 Å². The van der Waals surface area contributed by atoms with Crippen molar-refractivity contribution in [3.05, 3.63) is 5.82 Å². The number of hydrogen-bond acceptors (Lipinski definition) is 4. The van der Waals surface area contributed by atoms with E-state index < -0.39 is 11.5 Å². The van der Waals surface area contributed by atoms with E-state index >= 15 is 0 Å². The minimum Gasteiger partial charge on any atom is -0.479 e. The van der Waals surface area contributed by atoms with E-state index in [0.29, 0.717) is 6.42 Å². The Hall–Kier alpha value is -1.46. The van der Waals surface area contributed by atoms with E-state index in [0.717, 1.165) is 37.4 Å². The SMILES string of the molecule is CCC(C)(C(=O)O)n1nnnc1C1CCC(C)CC1. The summed E-state index contributed by atoms with van der Waals surface area (Å²) in [5, 5.41) is 21.2. The summed E-state index contributed by atoms with van der Waals surface area (Å²) in [7, 11) is 0. The monoisotopic (exact) mass is 266 g/mol. The minimum absolute atomic E-state index is 0.288. The predicted octanol–water partition coefficient (Wildman–Crippen LogP) is 2.18. The molecule has 0 aliphatic heterocycles. The van der Waals surface area contributed by atoms with Crippen molar-refractivity contribution in [3.8, 4) is 0 Å². The number of carbonyl (C=O) groups is 1. The van der Waals surface area contributed by atoms with Crippen LogP contribution in [0.25, 0.3) is 0 Å². The summed E-state index contributed by atoms with van der Waals surface area (Å²) in [5.74, 6) is 0.889. The molecule has 0 saturated heterocycles. The highest BCUT2D eigenvalue weighted by molar-refractivity contribution is 5.76. The molecule has 0 amide bonds. The number of nitrogens with zero attached hydrogens (tertiary/aromatic N) is 4. The number of tetrazole rings is 1. The number of aromatic nitrogens is 4. The molecule has 1 aromatic rings. The zero-order valence-electron chi connectivity index (χ0n) is 11.8. The van der Waals surface area contributed by atoms with Crippen molar-refractivity contribution < 1.29 is 9.90 Å². The van der Waals surface area contributed by atoms with Crippen LogP contribution in [0.2, 0.25) is 0 Å². The molecule has 19 heavy (non-hydrogen) atoms. The first-order valence-corrected chi connectivity index (χ1v) is 7.01. The van der Waals surface area contributed by atoms with E-state index in [1.807, 2.05) is 6.92 Å². The molecular formula is C13H22N4O2. The van der Waals surface area contributed by atoms with Gasteiger partial charge in [-0.1, -0.05) is 26.7 Å². The van der Waals surface area contributed by atoms with Crippen LogP contribution in [0.5, 0.6) is 0 Å². The Morgan fingerprint density at radius 1 is 1.42 bits per heavy atom. The fourth-order valence-corrected chi connectivity index (χ4v) is 2.71. The van der Waals surface area contributed by atoms with Gasteiger partial charge in [0.1, 0.15) is 0 Å². The number of hydrogen-bond donors (Lipinski definition) is 1. The van der Waals surface area contributed by atoms with Crippen molar-refractivity contribution in [2.24, 2.45) is 5.92 Å². The van der Waals surface area contributed by atoms with Gasteiger partial charge in [0, 0.05) is 5.92 Å². The van der Waals surface area contributed by atoms with Crippen LogP contribution in [0.15, 0.2) is 0 Å². The molecule has 1 saturated carbocycles. The fraction of sp³-hybridized carbons (Fsp3) is 0.846. The van der Waals surface area contributed by atoms with Crippen molar-refractivity contribution in [1.82, 2.24) is 20.2 Å².